The third-order valence-corrected chi connectivity index (χ3v) is 4.77. The molecule has 0 bridgehead atoms. The van der Waals surface area contributed by atoms with Gasteiger partial charge in [0, 0.05) is 18.4 Å². The van der Waals surface area contributed by atoms with Gasteiger partial charge in [0.15, 0.2) is 0 Å². The summed E-state index contributed by atoms with van der Waals surface area (Å²) < 4.78 is 0. The number of anilines is 1. The van der Waals surface area contributed by atoms with Gasteiger partial charge in [-0.15, -0.1) is 0 Å². The molecule has 6 heteroatoms. The Labute approximate surface area is 151 Å². The van der Waals surface area contributed by atoms with Crippen LogP contribution in [-0.4, -0.2) is 33.5 Å². The number of carbonyl (C=O) groups excluding carboxylic acids is 2. The molecule has 1 saturated heterocycles. The first-order valence-electron chi connectivity index (χ1n) is 8.81. The Morgan fingerprint density at radius 1 is 1.12 bits per heavy atom. The summed E-state index contributed by atoms with van der Waals surface area (Å²) in [5.74, 6) is -0.187. The molecule has 1 atom stereocenters. The van der Waals surface area contributed by atoms with Crippen LogP contribution < -0.4 is 5.32 Å². The number of likely N-dealkylation sites (tertiary alicyclic amines) is 1. The minimum Gasteiger partial charge on any atom is -0.327 e. The summed E-state index contributed by atoms with van der Waals surface area (Å²) in [6, 6.07) is 14.5. The number of nitrogens with one attached hydrogen (secondary N) is 2. The molecule has 0 radical (unpaired) electrons. The van der Waals surface area contributed by atoms with E-state index in [9.17, 15) is 9.59 Å². The average Bonchev–Trinajstić information content (AvgIpc) is 3.14. The second kappa shape index (κ2) is 7.00. The number of carbonyl (C=O) groups is 2. The quantitative estimate of drug-likeness (QED) is 0.760. The number of hydrogen-bond donors (Lipinski definition) is 2. The zero-order valence-corrected chi connectivity index (χ0v) is 14.3. The summed E-state index contributed by atoms with van der Waals surface area (Å²) >= 11 is 0. The summed E-state index contributed by atoms with van der Waals surface area (Å²) in [6.45, 7) is 0.597. The van der Waals surface area contributed by atoms with Crippen molar-refractivity contribution in [2.75, 3.05) is 11.9 Å². The molecule has 1 fully saturated rings. The molecule has 6 nitrogen and oxygen atoms in total. The molecule has 2 amide bonds. The maximum absolute atomic E-state index is 13.2. The fourth-order valence-corrected chi connectivity index (χ4v) is 3.48. The van der Waals surface area contributed by atoms with Crippen LogP contribution in [0.3, 0.4) is 0 Å². The van der Waals surface area contributed by atoms with E-state index in [4.69, 9.17) is 0 Å². The molecule has 0 saturated carbocycles. The summed E-state index contributed by atoms with van der Waals surface area (Å²) in [4.78, 5) is 27.3. The number of aromatic nitrogens is 2. The molecule has 1 aliphatic rings. The number of hydrogen-bond acceptors (Lipinski definition) is 3. The monoisotopic (exact) mass is 348 g/mol. The van der Waals surface area contributed by atoms with Crippen molar-refractivity contribution in [2.45, 2.75) is 25.3 Å². The molecule has 1 aromatic heterocycles. The molecule has 1 aliphatic heterocycles. The van der Waals surface area contributed by atoms with Gasteiger partial charge in [0.25, 0.3) is 5.91 Å². The van der Waals surface area contributed by atoms with Crippen LogP contribution in [0.15, 0.2) is 54.7 Å². The topological polar surface area (TPSA) is 78.1 Å². The SMILES string of the molecule is O=C(Nc1cccc2cn[nH]c12)C(c1ccccc1)N1CCCCC1=O. The lowest BCUT2D eigenvalue weighted by molar-refractivity contribution is -0.141. The first kappa shape index (κ1) is 16.3. The van der Waals surface area contributed by atoms with E-state index >= 15 is 0 Å². The Morgan fingerprint density at radius 2 is 1.96 bits per heavy atom. The number of fused-ring (bicyclic) bond motifs is 1. The van der Waals surface area contributed by atoms with E-state index in [0.29, 0.717) is 18.7 Å². The normalized spacial score (nSPS) is 15.8. The highest BCUT2D eigenvalue weighted by atomic mass is 16.2. The van der Waals surface area contributed by atoms with Gasteiger partial charge >= 0.3 is 0 Å². The highest BCUT2D eigenvalue weighted by Gasteiger charge is 2.32. The number of H-pyrrole nitrogens is 1. The highest BCUT2D eigenvalue weighted by molar-refractivity contribution is 6.03. The van der Waals surface area contributed by atoms with Gasteiger partial charge in [-0.2, -0.15) is 5.10 Å². The van der Waals surface area contributed by atoms with Gasteiger partial charge in [-0.3, -0.25) is 14.7 Å². The maximum atomic E-state index is 13.2. The van der Waals surface area contributed by atoms with Crippen LogP contribution in [0.1, 0.15) is 30.9 Å². The van der Waals surface area contributed by atoms with Gasteiger partial charge in [-0.05, 0) is 24.5 Å². The lowest BCUT2D eigenvalue weighted by Crippen LogP contribution is -2.43. The minimum absolute atomic E-state index is 0.0278. The predicted octanol–water partition coefficient (Wildman–Crippen LogP) is 3.26. The lowest BCUT2D eigenvalue weighted by atomic mass is 10.0. The Bertz CT molecular complexity index is 935. The molecular weight excluding hydrogens is 328 g/mol. The molecule has 26 heavy (non-hydrogen) atoms. The molecule has 3 aromatic rings. The van der Waals surface area contributed by atoms with Gasteiger partial charge in [-0.25, -0.2) is 0 Å². The molecule has 2 aromatic carbocycles. The molecule has 132 valence electrons. The van der Waals surface area contributed by atoms with Crippen LogP contribution in [-0.2, 0) is 9.59 Å². The predicted molar refractivity (Wildman–Crippen MR) is 99.5 cm³/mol. The number of aromatic amines is 1. The lowest BCUT2D eigenvalue weighted by Gasteiger charge is -2.34. The first-order chi connectivity index (χ1) is 12.7. The fraction of sp³-hybridized carbons (Fsp3) is 0.250. The van der Waals surface area contributed by atoms with Crippen LogP contribution in [0.25, 0.3) is 10.9 Å². The zero-order chi connectivity index (χ0) is 17.9. The van der Waals surface area contributed by atoms with E-state index in [1.54, 1.807) is 11.1 Å². The first-order valence-corrected chi connectivity index (χ1v) is 8.81. The largest absolute Gasteiger partial charge is 0.327 e. The minimum atomic E-state index is -0.637. The number of para-hydroxylation sites is 1. The molecule has 1 unspecified atom stereocenters. The van der Waals surface area contributed by atoms with Crippen molar-refractivity contribution < 1.29 is 9.59 Å². The van der Waals surface area contributed by atoms with Crippen LogP contribution in [0.2, 0.25) is 0 Å². The van der Waals surface area contributed by atoms with E-state index in [0.717, 1.165) is 29.3 Å². The van der Waals surface area contributed by atoms with Crippen LogP contribution in [0, 0.1) is 0 Å². The summed E-state index contributed by atoms with van der Waals surface area (Å²) in [7, 11) is 0. The van der Waals surface area contributed by atoms with Crippen molar-refractivity contribution >= 4 is 28.4 Å². The van der Waals surface area contributed by atoms with Crippen LogP contribution >= 0.6 is 0 Å². The smallest absolute Gasteiger partial charge is 0.251 e. The molecule has 4 rings (SSSR count). The standard InChI is InChI=1S/C20H20N4O2/c25-17-11-4-5-12-24(17)19(14-7-2-1-3-8-14)20(26)22-16-10-6-9-15-13-21-23-18(15)16/h1-3,6-10,13,19H,4-5,11-12H2,(H,21,23)(H,22,26). The van der Waals surface area contributed by atoms with Gasteiger partial charge < -0.3 is 10.2 Å². The van der Waals surface area contributed by atoms with Crippen LogP contribution in [0.4, 0.5) is 5.69 Å². The van der Waals surface area contributed by atoms with Crippen molar-refractivity contribution in [3.05, 3.63) is 60.3 Å². The Hall–Kier alpha value is -3.15. The number of benzene rings is 2. The maximum Gasteiger partial charge on any atom is 0.251 e. The number of amides is 2. The zero-order valence-electron chi connectivity index (χ0n) is 14.3. The van der Waals surface area contributed by atoms with E-state index < -0.39 is 6.04 Å². The van der Waals surface area contributed by atoms with Crippen molar-refractivity contribution in [1.82, 2.24) is 15.1 Å². The van der Waals surface area contributed by atoms with Gasteiger partial charge in [0.1, 0.15) is 6.04 Å². The molecule has 2 N–H and O–H groups in total. The molecule has 0 spiro atoms. The van der Waals surface area contributed by atoms with Gasteiger partial charge in [0.2, 0.25) is 5.91 Å². The Morgan fingerprint density at radius 3 is 2.77 bits per heavy atom. The van der Waals surface area contributed by atoms with E-state index in [1.165, 1.54) is 0 Å². The highest BCUT2D eigenvalue weighted by Crippen LogP contribution is 2.28. The second-order valence-electron chi connectivity index (χ2n) is 6.49. The Balaban J connectivity index is 1.68. The van der Waals surface area contributed by atoms with Gasteiger partial charge in [0.05, 0.1) is 17.4 Å². The van der Waals surface area contributed by atoms with Gasteiger partial charge in [-0.1, -0.05) is 42.5 Å². The average molecular weight is 348 g/mol. The van der Waals surface area contributed by atoms with Crippen molar-refractivity contribution in [3.63, 3.8) is 0 Å². The van der Waals surface area contributed by atoms with Crippen molar-refractivity contribution in [1.29, 1.82) is 0 Å². The second-order valence-corrected chi connectivity index (χ2v) is 6.49. The van der Waals surface area contributed by atoms with E-state index in [-0.39, 0.29) is 11.8 Å². The molecule has 0 aliphatic carbocycles. The summed E-state index contributed by atoms with van der Waals surface area (Å²) in [6.07, 6.45) is 4.00. The third-order valence-electron chi connectivity index (χ3n) is 4.77. The van der Waals surface area contributed by atoms with E-state index in [2.05, 4.69) is 15.5 Å². The summed E-state index contributed by atoms with van der Waals surface area (Å²) in [5, 5.41) is 10.9. The number of nitrogens with zero attached hydrogens (tertiary/aromatic N) is 2. The molecular formula is C20H20N4O2. The van der Waals surface area contributed by atoms with Crippen LogP contribution in [0.5, 0.6) is 0 Å². The summed E-state index contributed by atoms with van der Waals surface area (Å²) in [5.41, 5.74) is 2.25. The number of piperidine rings is 1. The molecule has 2 heterocycles. The van der Waals surface area contributed by atoms with Crippen molar-refractivity contribution in [2.24, 2.45) is 0 Å². The third kappa shape index (κ3) is 3.06. The number of rotatable bonds is 4. The fourth-order valence-electron chi connectivity index (χ4n) is 3.48. The van der Waals surface area contributed by atoms with Crippen molar-refractivity contribution in [3.8, 4) is 0 Å². The Kier molecular flexibility index (Phi) is 4.39. The van der Waals surface area contributed by atoms with E-state index in [1.807, 2.05) is 48.5 Å².